The van der Waals surface area contributed by atoms with E-state index in [2.05, 4.69) is 24.1 Å². The molecule has 0 aromatic carbocycles. The van der Waals surface area contributed by atoms with Crippen LogP contribution >= 0.6 is 0 Å². The molecule has 118 valence electrons. The Kier molecular flexibility index (Phi) is 6.96. The predicted octanol–water partition coefficient (Wildman–Crippen LogP) is 2.16. The molecule has 0 aromatic rings. The van der Waals surface area contributed by atoms with Crippen LogP contribution in [0.2, 0.25) is 0 Å². The number of aliphatic hydroxyl groups excluding tert-OH is 1. The third-order valence-corrected chi connectivity index (χ3v) is 4.16. The van der Waals surface area contributed by atoms with Crippen molar-refractivity contribution in [3.05, 3.63) is 0 Å². The molecule has 1 heterocycles. The summed E-state index contributed by atoms with van der Waals surface area (Å²) < 4.78 is 0. The van der Waals surface area contributed by atoms with Gasteiger partial charge in [-0.25, -0.2) is 0 Å². The van der Waals surface area contributed by atoms with Crippen LogP contribution in [-0.4, -0.2) is 47.7 Å². The van der Waals surface area contributed by atoms with Gasteiger partial charge in [0, 0.05) is 6.54 Å². The zero-order valence-corrected chi connectivity index (χ0v) is 13.6. The van der Waals surface area contributed by atoms with Crippen molar-refractivity contribution in [1.29, 1.82) is 0 Å². The summed E-state index contributed by atoms with van der Waals surface area (Å²) in [5.74, 6) is 0.116. The Morgan fingerprint density at radius 3 is 2.25 bits per heavy atom. The smallest absolute Gasteiger partial charge is 0.237 e. The highest BCUT2D eigenvalue weighted by Crippen LogP contribution is 2.21. The quantitative estimate of drug-likeness (QED) is 0.786. The molecular formula is C16H32N2O2. The van der Waals surface area contributed by atoms with Crippen LogP contribution in [0.1, 0.15) is 59.8 Å². The SMILES string of the molecule is CC(O)CC(C)(C)CNC(=O)C(C)N1CCCCCC1. The number of aliphatic hydroxyl groups is 1. The molecule has 4 nitrogen and oxygen atoms in total. The summed E-state index contributed by atoms with van der Waals surface area (Å²) in [5.41, 5.74) is -0.0671. The molecular weight excluding hydrogens is 252 g/mol. The minimum absolute atomic E-state index is 0.0459. The van der Waals surface area contributed by atoms with Crippen molar-refractivity contribution in [2.24, 2.45) is 5.41 Å². The van der Waals surface area contributed by atoms with Gasteiger partial charge in [0.25, 0.3) is 0 Å². The van der Waals surface area contributed by atoms with Gasteiger partial charge in [-0.2, -0.15) is 0 Å². The van der Waals surface area contributed by atoms with Crippen molar-refractivity contribution in [1.82, 2.24) is 10.2 Å². The van der Waals surface area contributed by atoms with Crippen LogP contribution in [-0.2, 0) is 4.79 Å². The lowest BCUT2D eigenvalue weighted by atomic mass is 9.87. The summed E-state index contributed by atoms with van der Waals surface area (Å²) >= 11 is 0. The second-order valence-corrected chi connectivity index (χ2v) is 7.06. The van der Waals surface area contributed by atoms with Gasteiger partial charge < -0.3 is 10.4 Å². The van der Waals surface area contributed by atoms with Crippen molar-refractivity contribution >= 4 is 5.91 Å². The fraction of sp³-hybridized carbons (Fsp3) is 0.938. The minimum atomic E-state index is -0.329. The first-order valence-corrected chi connectivity index (χ1v) is 8.02. The monoisotopic (exact) mass is 284 g/mol. The van der Waals surface area contributed by atoms with Gasteiger partial charge in [0.1, 0.15) is 0 Å². The van der Waals surface area contributed by atoms with Crippen LogP contribution in [0.4, 0.5) is 0 Å². The zero-order valence-electron chi connectivity index (χ0n) is 13.6. The van der Waals surface area contributed by atoms with Crippen LogP contribution in [0.25, 0.3) is 0 Å². The molecule has 0 aliphatic carbocycles. The molecule has 0 saturated carbocycles. The number of hydrogen-bond acceptors (Lipinski definition) is 3. The van der Waals surface area contributed by atoms with E-state index in [1.54, 1.807) is 6.92 Å². The number of amides is 1. The number of likely N-dealkylation sites (tertiary alicyclic amines) is 1. The van der Waals surface area contributed by atoms with Gasteiger partial charge in [-0.15, -0.1) is 0 Å². The summed E-state index contributed by atoms with van der Waals surface area (Å²) in [6.07, 6.45) is 5.34. The van der Waals surface area contributed by atoms with E-state index in [1.807, 2.05) is 6.92 Å². The Bertz CT molecular complexity index is 295. The van der Waals surface area contributed by atoms with E-state index in [1.165, 1.54) is 25.7 Å². The van der Waals surface area contributed by atoms with Gasteiger partial charge in [0.2, 0.25) is 5.91 Å². The van der Waals surface area contributed by atoms with E-state index < -0.39 is 0 Å². The molecule has 1 amide bonds. The average molecular weight is 284 g/mol. The van der Waals surface area contributed by atoms with Crippen LogP contribution < -0.4 is 5.32 Å². The van der Waals surface area contributed by atoms with E-state index in [0.29, 0.717) is 13.0 Å². The molecule has 0 spiro atoms. The maximum Gasteiger partial charge on any atom is 0.237 e. The standard InChI is InChI=1S/C16H32N2O2/c1-13(19)11-16(3,4)12-17-15(20)14(2)18-9-7-5-6-8-10-18/h13-14,19H,5-12H2,1-4H3,(H,17,20). The molecule has 4 heteroatoms. The fourth-order valence-electron chi connectivity index (χ4n) is 2.99. The maximum absolute atomic E-state index is 12.3. The Morgan fingerprint density at radius 1 is 1.20 bits per heavy atom. The predicted molar refractivity (Wildman–Crippen MR) is 82.6 cm³/mol. The third-order valence-electron chi connectivity index (χ3n) is 4.16. The van der Waals surface area contributed by atoms with Gasteiger partial charge in [-0.3, -0.25) is 9.69 Å². The van der Waals surface area contributed by atoms with E-state index in [9.17, 15) is 9.90 Å². The van der Waals surface area contributed by atoms with Crippen LogP contribution in [0, 0.1) is 5.41 Å². The number of carbonyl (C=O) groups excluding carboxylic acids is 1. The molecule has 1 rings (SSSR count). The van der Waals surface area contributed by atoms with E-state index >= 15 is 0 Å². The lowest BCUT2D eigenvalue weighted by molar-refractivity contribution is -0.126. The van der Waals surface area contributed by atoms with Gasteiger partial charge in [-0.05, 0) is 51.6 Å². The summed E-state index contributed by atoms with van der Waals surface area (Å²) in [5, 5.41) is 12.5. The van der Waals surface area contributed by atoms with Gasteiger partial charge in [0.05, 0.1) is 12.1 Å². The number of rotatable bonds is 6. The molecule has 0 bridgehead atoms. The van der Waals surface area contributed by atoms with Gasteiger partial charge in [-0.1, -0.05) is 26.7 Å². The van der Waals surface area contributed by atoms with Crippen LogP contribution in [0.3, 0.4) is 0 Å². The largest absolute Gasteiger partial charge is 0.393 e. The first-order valence-electron chi connectivity index (χ1n) is 8.02. The van der Waals surface area contributed by atoms with Crippen LogP contribution in [0.15, 0.2) is 0 Å². The lowest BCUT2D eigenvalue weighted by Gasteiger charge is -2.30. The topological polar surface area (TPSA) is 52.6 Å². The number of hydrogen-bond donors (Lipinski definition) is 2. The molecule has 2 unspecified atom stereocenters. The summed E-state index contributed by atoms with van der Waals surface area (Å²) in [7, 11) is 0. The molecule has 2 atom stereocenters. The Balaban J connectivity index is 2.40. The van der Waals surface area contributed by atoms with Crippen molar-refractivity contribution in [3.63, 3.8) is 0 Å². The zero-order chi connectivity index (χ0) is 15.2. The second kappa shape index (κ2) is 7.99. The van der Waals surface area contributed by atoms with Crippen molar-refractivity contribution in [3.8, 4) is 0 Å². The van der Waals surface area contributed by atoms with Crippen molar-refractivity contribution in [2.75, 3.05) is 19.6 Å². The molecule has 0 aromatic heterocycles. The number of nitrogens with zero attached hydrogens (tertiary/aromatic N) is 1. The highest BCUT2D eigenvalue weighted by molar-refractivity contribution is 5.81. The molecule has 1 fully saturated rings. The highest BCUT2D eigenvalue weighted by Gasteiger charge is 2.25. The van der Waals surface area contributed by atoms with E-state index in [-0.39, 0.29) is 23.5 Å². The molecule has 1 aliphatic heterocycles. The normalized spacial score (nSPS) is 21.1. The first kappa shape index (κ1) is 17.4. The molecule has 2 N–H and O–H groups in total. The Hall–Kier alpha value is -0.610. The first-order chi connectivity index (χ1) is 9.32. The molecule has 1 aliphatic rings. The van der Waals surface area contributed by atoms with Gasteiger partial charge in [0.15, 0.2) is 0 Å². The molecule has 1 saturated heterocycles. The fourth-order valence-corrected chi connectivity index (χ4v) is 2.99. The van der Waals surface area contributed by atoms with Crippen molar-refractivity contribution in [2.45, 2.75) is 71.9 Å². The summed E-state index contributed by atoms with van der Waals surface area (Å²) in [4.78, 5) is 14.6. The van der Waals surface area contributed by atoms with E-state index in [4.69, 9.17) is 0 Å². The van der Waals surface area contributed by atoms with Crippen LogP contribution in [0.5, 0.6) is 0 Å². The van der Waals surface area contributed by atoms with Gasteiger partial charge >= 0.3 is 0 Å². The molecule has 0 radical (unpaired) electrons. The third kappa shape index (κ3) is 6.23. The Labute approximate surface area is 123 Å². The number of carbonyl (C=O) groups is 1. The maximum atomic E-state index is 12.3. The second-order valence-electron chi connectivity index (χ2n) is 7.06. The lowest BCUT2D eigenvalue weighted by Crippen LogP contribution is -2.47. The number of nitrogens with one attached hydrogen (secondary N) is 1. The van der Waals surface area contributed by atoms with Crippen molar-refractivity contribution < 1.29 is 9.90 Å². The van der Waals surface area contributed by atoms with E-state index in [0.717, 1.165) is 13.1 Å². The highest BCUT2D eigenvalue weighted by atomic mass is 16.3. The summed E-state index contributed by atoms with van der Waals surface area (Å²) in [6.45, 7) is 10.6. The minimum Gasteiger partial charge on any atom is -0.393 e. The molecule has 20 heavy (non-hydrogen) atoms. The summed E-state index contributed by atoms with van der Waals surface area (Å²) in [6, 6.07) is -0.0459. The average Bonchev–Trinajstić information content (AvgIpc) is 2.62. The Morgan fingerprint density at radius 2 is 1.75 bits per heavy atom.